The van der Waals surface area contributed by atoms with Crippen LogP contribution in [0.25, 0.3) is 0 Å². The fourth-order valence-electron chi connectivity index (χ4n) is 2.05. The van der Waals surface area contributed by atoms with Gasteiger partial charge in [-0.2, -0.15) is 0 Å². The van der Waals surface area contributed by atoms with Gasteiger partial charge >= 0.3 is 0 Å². The summed E-state index contributed by atoms with van der Waals surface area (Å²) in [7, 11) is 0. The molecule has 1 saturated heterocycles. The molecular weight excluding hydrogens is 252 g/mol. The van der Waals surface area contributed by atoms with Gasteiger partial charge < -0.3 is 20.2 Å². The third-order valence-electron chi connectivity index (χ3n) is 3.26. The third-order valence-corrected chi connectivity index (χ3v) is 3.65. The Labute approximate surface area is 111 Å². The number of carbonyl (C=O) groups excluding carboxylic acids is 1. The standard InChI is InChI=1S/C12H16N2O3S/c13-10(18)12(3-6-16-7-4-12)11(15)14-8-9-2-1-5-17-9/h1-2,5H,3-4,6-8H2,(H2,13,18)(H,14,15). The number of nitrogens with one attached hydrogen (secondary N) is 1. The Morgan fingerprint density at radius 2 is 2.22 bits per heavy atom. The maximum Gasteiger partial charge on any atom is 0.233 e. The van der Waals surface area contributed by atoms with Crippen molar-refractivity contribution in [1.29, 1.82) is 0 Å². The minimum atomic E-state index is -0.778. The highest BCUT2D eigenvalue weighted by Crippen LogP contribution is 2.31. The van der Waals surface area contributed by atoms with E-state index >= 15 is 0 Å². The first-order valence-corrected chi connectivity index (χ1v) is 6.24. The molecule has 0 atom stereocenters. The van der Waals surface area contributed by atoms with Crippen molar-refractivity contribution in [2.24, 2.45) is 11.1 Å². The van der Waals surface area contributed by atoms with Gasteiger partial charge in [-0.05, 0) is 25.0 Å². The molecule has 1 aliphatic rings. The molecule has 98 valence electrons. The smallest absolute Gasteiger partial charge is 0.233 e. The van der Waals surface area contributed by atoms with Crippen molar-refractivity contribution >= 4 is 23.1 Å². The van der Waals surface area contributed by atoms with Crippen LogP contribution in [0.4, 0.5) is 0 Å². The molecule has 0 unspecified atom stereocenters. The Morgan fingerprint density at radius 3 is 2.78 bits per heavy atom. The Kier molecular flexibility index (Phi) is 3.98. The van der Waals surface area contributed by atoms with Crippen molar-refractivity contribution in [3.63, 3.8) is 0 Å². The van der Waals surface area contributed by atoms with E-state index in [0.717, 1.165) is 0 Å². The van der Waals surface area contributed by atoms with Gasteiger partial charge in [-0.25, -0.2) is 0 Å². The first-order chi connectivity index (χ1) is 8.65. The number of rotatable bonds is 4. The van der Waals surface area contributed by atoms with Gasteiger partial charge in [-0.3, -0.25) is 4.79 Å². The number of thiocarbonyl (C=S) groups is 1. The SMILES string of the molecule is NC(=S)C1(C(=O)NCc2ccco2)CCOCC1. The van der Waals surface area contributed by atoms with Crippen LogP contribution in [0.3, 0.4) is 0 Å². The lowest BCUT2D eigenvalue weighted by molar-refractivity contribution is -0.131. The van der Waals surface area contributed by atoms with Gasteiger partial charge in [0.25, 0.3) is 0 Å². The number of hydrogen-bond acceptors (Lipinski definition) is 4. The lowest BCUT2D eigenvalue weighted by atomic mass is 9.79. The van der Waals surface area contributed by atoms with Gasteiger partial charge in [0.1, 0.15) is 11.2 Å². The molecular formula is C12H16N2O3S. The number of amides is 1. The molecule has 0 aromatic carbocycles. The zero-order chi connectivity index (χ0) is 13.0. The Balaban J connectivity index is 2.02. The molecule has 0 bridgehead atoms. The molecule has 5 nitrogen and oxygen atoms in total. The molecule has 6 heteroatoms. The minimum absolute atomic E-state index is 0.144. The summed E-state index contributed by atoms with van der Waals surface area (Å²) in [5.41, 5.74) is 4.97. The third kappa shape index (κ3) is 2.54. The highest BCUT2D eigenvalue weighted by molar-refractivity contribution is 7.80. The number of furan rings is 1. The molecule has 1 aliphatic heterocycles. The molecule has 0 aliphatic carbocycles. The maximum atomic E-state index is 12.3. The van der Waals surface area contributed by atoms with E-state index in [0.29, 0.717) is 38.4 Å². The van der Waals surface area contributed by atoms with Crippen LogP contribution in [0.15, 0.2) is 22.8 Å². The van der Waals surface area contributed by atoms with Crippen molar-refractivity contribution < 1.29 is 13.9 Å². The van der Waals surface area contributed by atoms with Crippen LogP contribution in [0.2, 0.25) is 0 Å². The van der Waals surface area contributed by atoms with Crippen LogP contribution >= 0.6 is 12.2 Å². The van der Waals surface area contributed by atoms with Gasteiger partial charge in [-0.15, -0.1) is 0 Å². The average Bonchev–Trinajstić information content (AvgIpc) is 2.89. The summed E-state index contributed by atoms with van der Waals surface area (Å²) in [6.45, 7) is 1.36. The summed E-state index contributed by atoms with van der Waals surface area (Å²) in [5, 5.41) is 2.82. The number of nitrogens with two attached hydrogens (primary N) is 1. The quantitative estimate of drug-likeness (QED) is 0.796. The Bertz CT molecular complexity index is 425. The topological polar surface area (TPSA) is 77.5 Å². The van der Waals surface area contributed by atoms with Crippen molar-refractivity contribution in [2.45, 2.75) is 19.4 Å². The average molecular weight is 268 g/mol. The highest BCUT2D eigenvalue weighted by Gasteiger charge is 2.42. The Morgan fingerprint density at radius 1 is 1.50 bits per heavy atom. The van der Waals surface area contributed by atoms with E-state index in [4.69, 9.17) is 27.1 Å². The maximum absolute atomic E-state index is 12.3. The lowest BCUT2D eigenvalue weighted by Crippen LogP contribution is -2.51. The highest BCUT2D eigenvalue weighted by atomic mass is 32.1. The molecule has 1 fully saturated rings. The largest absolute Gasteiger partial charge is 0.467 e. The van der Waals surface area contributed by atoms with Gasteiger partial charge in [0.2, 0.25) is 5.91 Å². The number of carbonyl (C=O) groups is 1. The van der Waals surface area contributed by atoms with Gasteiger partial charge in [-0.1, -0.05) is 12.2 Å². The zero-order valence-electron chi connectivity index (χ0n) is 9.98. The van der Waals surface area contributed by atoms with E-state index in [-0.39, 0.29) is 10.9 Å². The van der Waals surface area contributed by atoms with E-state index in [1.165, 1.54) is 0 Å². The summed E-state index contributed by atoms with van der Waals surface area (Å²) < 4.78 is 10.4. The van der Waals surface area contributed by atoms with Crippen LogP contribution in [-0.2, 0) is 16.1 Å². The zero-order valence-corrected chi connectivity index (χ0v) is 10.8. The van der Waals surface area contributed by atoms with E-state index in [1.54, 1.807) is 18.4 Å². The molecule has 1 amide bonds. The molecule has 0 saturated carbocycles. The molecule has 18 heavy (non-hydrogen) atoms. The molecule has 1 aromatic rings. The van der Waals surface area contributed by atoms with Crippen LogP contribution in [0, 0.1) is 5.41 Å². The molecule has 3 N–H and O–H groups in total. The minimum Gasteiger partial charge on any atom is -0.467 e. The fourth-order valence-corrected chi connectivity index (χ4v) is 2.35. The second kappa shape index (κ2) is 5.49. The van der Waals surface area contributed by atoms with Gasteiger partial charge in [0.15, 0.2) is 0 Å². The van der Waals surface area contributed by atoms with Gasteiger partial charge in [0, 0.05) is 13.2 Å². The predicted molar refractivity (Wildman–Crippen MR) is 69.8 cm³/mol. The summed E-state index contributed by atoms with van der Waals surface area (Å²) in [5.74, 6) is 0.559. The fraction of sp³-hybridized carbons (Fsp3) is 0.500. The summed E-state index contributed by atoms with van der Waals surface area (Å²) in [4.78, 5) is 12.5. The number of hydrogen-bond donors (Lipinski definition) is 2. The van der Waals surface area contributed by atoms with Gasteiger partial charge in [0.05, 0.1) is 17.8 Å². The molecule has 1 aromatic heterocycles. The Hall–Kier alpha value is -1.40. The first-order valence-electron chi connectivity index (χ1n) is 5.83. The molecule has 0 spiro atoms. The first kappa shape index (κ1) is 13.0. The molecule has 2 heterocycles. The summed E-state index contributed by atoms with van der Waals surface area (Å²) >= 11 is 5.06. The predicted octanol–water partition coefficient (Wildman–Crippen LogP) is 0.979. The molecule has 0 radical (unpaired) electrons. The van der Waals surface area contributed by atoms with Crippen molar-refractivity contribution in [3.05, 3.63) is 24.2 Å². The monoisotopic (exact) mass is 268 g/mol. The second-order valence-electron chi connectivity index (χ2n) is 4.32. The van der Waals surface area contributed by atoms with E-state index in [1.807, 2.05) is 0 Å². The lowest BCUT2D eigenvalue weighted by Gasteiger charge is -2.34. The van der Waals surface area contributed by atoms with E-state index in [2.05, 4.69) is 5.32 Å². The summed E-state index contributed by atoms with van der Waals surface area (Å²) in [6.07, 6.45) is 2.64. The van der Waals surface area contributed by atoms with Crippen LogP contribution in [-0.4, -0.2) is 24.1 Å². The van der Waals surface area contributed by atoms with Crippen molar-refractivity contribution in [2.75, 3.05) is 13.2 Å². The molecule has 2 rings (SSSR count). The van der Waals surface area contributed by atoms with E-state index < -0.39 is 5.41 Å². The van der Waals surface area contributed by atoms with Crippen molar-refractivity contribution in [3.8, 4) is 0 Å². The number of ether oxygens (including phenoxy) is 1. The van der Waals surface area contributed by atoms with Crippen LogP contribution in [0.1, 0.15) is 18.6 Å². The van der Waals surface area contributed by atoms with Crippen molar-refractivity contribution in [1.82, 2.24) is 5.32 Å². The van der Waals surface area contributed by atoms with Crippen LogP contribution < -0.4 is 11.1 Å². The summed E-state index contributed by atoms with van der Waals surface area (Å²) in [6, 6.07) is 3.58. The second-order valence-corrected chi connectivity index (χ2v) is 4.76. The van der Waals surface area contributed by atoms with Crippen LogP contribution in [0.5, 0.6) is 0 Å². The normalized spacial score (nSPS) is 18.2. The van der Waals surface area contributed by atoms with E-state index in [9.17, 15) is 4.79 Å².